The van der Waals surface area contributed by atoms with Crippen LogP contribution in [0.25, 0.3) is 0 Å². The molecule has 2 aliphatic rings. The number of hydrogen-bond acceptors (Lipinski definition) is 2. The van der Waals surface area contributed by atoms with Crippen LogP contribution in [0.3, 0.4) is 0 Å². The molecule has 4 heteroatoms. The number of halogens is 2. The molecule has 2 saturated carbocycles. The summed E-state index contributed by atoms with van der Waals surface area (Å²) < 4.78 is 38.4. The average Bonchev–Trinajstić information content (AvgIpc) is 2.81. The zero-order valence-corrected chi connectivity index (χ0v) is 19.6. The van der Waals surface area contributed by atoms with E-state index in [1.165, 1.54) is 96.3 Å². The van der Waals surface area contributed by atoms with Crippen molar-refractivity contribution in [2.45, 2.75) is 96.8 Å². The molecule has 0 amide bonds. The van der Waals surface area contributed by atoms with E-state index in [1.807, 2.05) is 0 Å². The Bertz CT molecular complexity index is 647. The Balaban J connectivity index is 1.33. The maximum absolute atomic E-state index is 14.1. The lowest BCUT2D eigenvalue weighted by Gasteiger charge is -2.38. The van der Waals surface area contributed by atoms with Crippen molar-refractivity contribution in [2.75, 3.05) is 13.7 Å². The maximum Gasteiger partial charge on any atom is 0.204 e. The van der Waals surface area contributed by atoms with Gasteiger partial charge in [-0.15, -0.1) is 0 Å². The highest BCUT2D eigenvalue weighted by Crippen LogP contribution is 2.42. The zero-order chi connectivity index (χ0) is 22.1. The van der Waals surface area contributed by atoms with Gasteiger partial charge in [-0.2, -0.15) is 8.78 Å². The van der Waals surface area contributed by atoms with Crippen molar-refractivity contribution in [3.8, 4) is 11.5 Å². The first-order chi connectivity index (χ1) is 15.1. The third kappa shape index (κ3) is 7.08. The van der Waals surface area contributed by atoms with E-state index in [2.05, 4.69) is 6.92 Å². The summed E-state index contributed by atoms with van der Waals surface area (Å²) in [7, 11) is 1.33. The summed E-state index contributed by atoms with van der Waals surface area (Å²) >= 11 is 0. The summed E-state index contributed by atoms with van der Waals surface area (Å²) in [5, 5.41) is 0. The minimum atomic E-state index is -0.972. The van der Waals surface area contributed by atoms with Gasteiger partial charge in [0.05, 0.1) is 13.7 Å². The standard InChI is InChI=1S/C27H42F2O2/c1-3-4-5-6-7-8-20-9-13-22(14-10-20)23-15-11-21(12-16-23)19-31-25-18-17-24(30-2)26(28)27(25)29/h17-18,20-23H,3-16,19H2,1-2H3/t20-,21?,22-,23?. The molecular weight excluding hydrogens is 394 g/mol. The molecule has 1 aromatic rings. The Kier molecular flexibility index (Phi) is 9.93. The van der Waals surface area contributed by atoms with Gasteiger partial charge in [-0.3, -0.25) is 0 Å². The molecule has 0 saturated heterocycles. The van der Waals surface area contributed by atoms with Gasteiger partial charge in [0.15, 0.2) is 11.5 Å². The van der Waals surface area contributed by atoms with Gasteiger partial charge in [0, 0.05) is 0 Å². The van der Waals surface area contributed by atoms with Crippen molar-refractivity contribution in [3.63, 3.8) is 0 Å². The first kappa shape index (κ1) is 24.3. The molecule has 0 atom stereocenters. The van der Waals surface area contributed by atoms with Gasteiger partial charge < -0.3 is 9.47 Å². The minimum Gasteiger partial charge on any atom is -0.494 e. The van der Waals surface area contributed by atoms with Gasteiger partial charge in [0.2, 0.25) is 11.6 Å². The molecule has 0 radical (unpaired) electrons. The molecule has 1 aromatic carbocycles. The van der Waals surface area contributed by atoms with Crippen LogP contribution in [0.5, 0.6) is 11.5 Å². The summed E-state index contributed by atoms with van der Waals surface area (Å²) in [5.41, 5.74) is 0. The van der Waals surface area contributed by atoms with Crippen LogP contribution in [0.1, 0.15) is 96.8 Å². The van der Waals surface area contributed by atoms with E-state index in [0.717, 1.165) is 30.6 Å². The van der Waals surface area contributed by atoms with Crippen LogP contribution in [0.2, 0.25) is 0 Å². The third-order valence-electron chi connectivity index (χ3n) is 7.87. The van der Waals surface area contributed by atoms with Gasteiger partial charge in [0.1, 0.15) is 0 Å². The molecule has 31 heavy (non-hydrogen) atoms. The Morgan fingerprint density at radius 3 is 1.90 bits per heavy atom. The monoisotopic (exact) mass is 436 g/mol. The number of rotatable bonds is 11. The molecule has 2 aliphatic carbocycles. The second kappa shape index (κ2) is 12.6. The van der Waals surface area contributed by atoms with Gasteiger partial charge in [0.25, 0.3) is 0 Å². The summed E-state index contributed by atoms with van der Waals surface area (Å²) in [6.45, 7) is 2.75. The van der Waals surface area contributed by atoms with Crippen molar-refractivity contribution in [1.82, 2.24) is 0 Å². The molecule has 0 N–H and O–H groups in total. The van der Waals surface area contributed by atoms with Gasteiger partial charge in [-0.05, 0) is 74.3 Å². The molecule has 176 valence electrons. The largest absolute Gasteiger partial charge is 0.494 e. The SMILES string of the molecule is CCCCCCC[C@H]1CC[C@H](C2CCC(COc3ccc(OC)c(F)c3F)CC2)CC1. The molecule has 0 unspecified atom stereocenters. The van der Waals surface area contributed by atoms with E-state index in [-0.39, 0.29) is 11.5 Å². The quantitative estimate of drug-likeness (QED) is 0.325. The number of methoxy groups -OCH3 is 1. The van der Waals surface area contributed by atoms with Crippen molar-refractivity contribution >= 4 is 0 Å². The summed E-state index contributed by atoms with van der Waals surface area (Å²) in [6, 6.07) is 2.89. The lowest BCUT2D eigenvalue weighted by atomic mass is 9.69. The van der Waals surface area contributed by atoms with E-state index in [4.69, 9.17) is 9.47 Å². The molecule has 2 fully saturated rings. The van der Waals surface area contributed by atoms with E-state index in [9.17, 15) is 8.78 Å². The Labute approximate surface area is 188 Å². The van der Waals surface area contributed by atoms with E-state index < -0.39 is 11.6 Å². The molecule has 3 rings (SSSR count). The fourth-order valence-corrected chi connectivity index (χ4v) is 5.80. The number of unbranched alkanes of at least 4 members (excludes halogenated alkanes) is 4. The van der Waals surface area contributed by atoms with Crippen LogP contribution in [-0.4, -0.2) is 13.7 Å². The first-order valence-corrected chi connectivity index (χ1v) is 12.8. The van der Waals surface area contributed by atoms with Crippen LogP contribution in [-0.2, 0) is 0 Å². The lowest BCUT2D eigenvalue weighted by molar-refractivity contribution is 0.120. The highest BCUT2D eigenvalue weighted by molar-refractivity contribution is 5.34. The Morgan fingerprint density at radius 1 is 0.742 bits per heavy atom. The third-order valence-corrected chi connectivity index (χ3v) is 7.87. The smallest absolute Gasteiger partial charge is 0.204 e. The van der Waals surface area contributed by atoms with E-state index in [1.54, 1.807) is 0 Å². The fourth-order valence-electron chi connectivity index (χ4n) is 5.80. The highest BCUT2D eigenvalue weighted by Gasteiger charge is 2.31. The predicted molar refractivity (Wildman–Crippen MR) is 123 cm³/mol. The predicted octanol–water partition coefficient (Wildman–Crippen LogP) is 8.33. The molecular formula is C27H42F2O2. The van der Waals surface area contributed by atoms with Crippen LogP contribution in [0.15, 0.2) is 12.1 Å². The number of hydrogen-bond donors (Lipinski definition) is 0. The van der Waals surface area contributed by atoms with Crippen molar-refractivity contribution < 1.29 is 18.3 Å². The second-order valence-corrected chi connectivity index (χ2v) is 9.97. The van der Waals surface area contributed by atoms with Gasteiger partial charge >= 0.3 is 0 Å². The minimum absolute atomic E-state index is 0.00607. The average molecular weight is 437 g/mol. The van der Waals surface area contributed by atoms with Crippen LogP contribution < -0.4 is 9.47 Å². The van der Waals surface area contributed by atoms with Crippen molar-refractivity contribution in [3.05, 3.63) is 23.8 Å². The lowest BCUT2D eigenvalue weighted by Crippen LogP contribution is -2.27. The molecule has 2 nitrogen and oxygen atoms in total. The topological polar surface area (TPSA) is 18.5 Å². The van der Waals surface area contributed by atoms with Crippen molar-refractivity contribution in [2.24, 2.45) is 23.7 Å². The number of benzene rings is 1. The van der Waals surface area contributed by atoms with Crippen LogP contribution in [0.4, 0.5) is 8.78 Å². The second-order valence-electron chi connectivity index (χ2n) is 9.97. The van der Waals surface area contributed by atoms with Crippen LogP contribution >= 0.6 is 0 Å². The summed E-state index contributed by atoms with van der Waals surface area (Å²) in [4.78, 5) is 0. The first-order valence-electron chi connectivity index (χ1n) is 12.8. The Morgan fingerprint density at radius 2 is 1.29 bits per heavy atom. The summed E-state index contributed by atoms with van der Waals surface area (Å²) in [5.74, 6) is 1.17. The number of ether oxygens (including phenoxy) is 2. The van der Waals surface area contributed by atoms with Gasteiger partial charge in [-0.1, -0.05) is 58.3 Å². The normalized spacial score (nSPS) is 26.6. The molecule has 0 aromatic heterocycles. The van der Waals surface area contributed by atoms with Crippen molar-refractivity contribution in [1.29, 1.82) is 0 Å². The highest BCUT2D eigenvalue weighted by atomic mass is 19.2. The van der Waals surface area contributed by atoms with E-state index >= 15 is 0 Å². The molecule has 0 bridgehead atoms. The molecule has 0 heterocycles. The Hall–Kier alpha value is -1.32. The maximum atomic E-state index is 14.1. The molecule has 0 aliphatic heterocycles. The fraction of sp³-hybridized carbons (Fsp3) is 0.778. The van der Waals surface area contributed by atoms with Crippen LogP contribution in [0, 0.1) is 35.3 Å². The summed E-state index contributed by atoms with van der Waals surface area (Å²) in [6.07, 6.45) is 19.0. The zero-order valence-electron chi connectivity index (χ0n) is 19.6. The molecule has 0 spiro atoms. The van der Waals surface area contributed by atoms with E-state index in [0.29, 0.717) is 12.5 Å². The van der Waals surface area contributed by atoms with Gasteiger partial charge in [-0.25, -0.2) is 0 Å².